The summed E-state index contributed by atoms with van der Waals surface area (Å²) in [7, 11) is 0. The summed E-state index contributed by atoms with van der Waals surface area (Å²) in [6.45, 7) is 0. The smallest absolute Gasteiger partial charge is 0.174 e. The Labute approximate surface area is 62.3 Å². The fraction of sp³-hybridized carbons (Fsp3) is 0.400. The molecule has 0 aromatic heterocycles. The summed E-state index contributed by atoms with van der Waals surface area (Å²) in [6.07, 6.45) is -0.393. The summed E-state index contributed by atoms with van der Waals surface area (Å²) in [5, 5.41) is 0. The molecule has 0 spiro atoms. The van der Waals surface area contributed by atoms with Crippen LogP contribution in [0.5, 0.6) is 0 Å². The second kappa shape index (κ2) is 6.16. The van der Waals surface area contributed by atoms with E-state index in [1.54, 1.807) is 0 Å². The van der Waals surface area contributed by atoms with Crippen LogP contribution in [-0.2, 0) is 0 Å². The zero-order valence-electron chi connectivity index (χ0n) is 4.56. The van der Waals surface area contributed by atoms with Gasteiger partial charge in [0.05, 0.1) is 4.70 Å². The molecule has 0 N–H and O–H groups in total. The van der Waals surface area contributed by atoms with Gasteiger partial charge in [-0.15, -0.1) is 11.8 Å². The van der Waals surface area contributed by atoms with E-state index < -0.39 is 6.08 Å². The van der Waals surface area contributed by atoms with Gasteiger partial charge >= 0.3 is 0 Å². The molecule has 0 atom stereocenters. The molecule has 0 saturated heterocycles. The fourth-order valence-electron chi connectivity index (χ4n) is 0.269. The topological polar surface area (TPSA) is 0 Å². The van der Waals surface area contributed by atoms with E-state index >= 15 is 0 Å². The summed E-state index contributed by atoms with van der Waals surface area (Å²) in [4.78, 5) is 0. The van der Waals surface area contributed by atoms with Gasteiger partial charge in [-0.25, -0.2) is 0 Å². The molecular formula is C5H5F2S2. The van der Waals surface area contributed by atoms with E-state index in [4.69, 9.17) is 0 Å². The highest BCUT2D eigenvalue weighted by molar-refractivity contribution is 8.20. The average molecular weight is 167 g/mol. The van der Waals surface area contributed by atoms with Crippen LogP contribution < -0.4 is 0 Å². The number of hydrogen-bond donors (Lipinski definition) is 0. The molecular weight excluding hydrogens is 162 g/mol. The molecule has 0 nitrogen and oxygen atoms in total. The summed E-state index contributed by atoms with van der Waals surface area (Å²) >= 11 is 5.57. The first-order chi connectivity index (χ1) is 4.27. The van der Waals surface area contributed by atoms with Crippen molar-refractivity contribution in [1.29, 1.82) is 0 Å². The minimum Gasteiger partial charge on any atom is -0.174 e. The van der Waals surface area contributed by atoms with E-state index in [0.717, 1.165) is 6.08 Å². The fourth-order valence-corrected chi connectivity index (χ4v) is 0.838. The van der Waals surface area contributed by atoms with E-state index in [1.807, 2.05) is 0 Å². The van der Waals surface area contributed by atoms with Crippen molar-refractivity contribution in [3.63, 3.8) is 0 Å². The maximum atomic E-state index is 11.3. The standard InChI is InChI=1S/C5H5F2S2/c6-5(7)2-1-3-9-4-8/h2H,1,3H2. The second-order valence-corrected chi connectivity index (χ2v) is 2.58. The number of halogens is 2. The summed E-state index contributed by atoms with van der Waals surface area (Å²) in [5.74, 6) is 0.584. The van der Waals surface area contributed by atoms with Crippen molar-refractivity contribution >= 4 is 28.7 Å². The lowest BCUT2D eigenvalue weighted by molar-refractivity contribution is 0.418. The molecule has 4 heteroatoms. The quantitative estimate of drug-likeness (QED) is 0.466. The first-order valence-electron chi connectivity index (χ1n) is 2.27. The maximum absolute atomic E-state index is 11.3. The lowest BCUT2D eigenvalue weighted by atomic mass is 10.5. The van der Waals surface area contributed by atoms with Crippen molar-refractivity contribution in [3.05, 3.63) is 12.2 Å². The van der Waals surface area contributed by atoms with Gasteiger partial charge < -0.3 is 0 Å². The van der Waals surface area contributed by atoms with Crippen LogP contribution in [0.2, 0.25) is 0 Å². The van der Waals surface area contributed by atoms with Gasteiger partial charge in [-0.1, -0.05) is 12.2 Å². The van der Waals surface area contributed by atoms with Crippen molar-refractivity contribution in [1.82, 2.24) is 0 Å². The molecule has 0 amide bonds. The molecule has 0 unspecified atom stereocenters. The minimum absolute atomic E-state index is 0.358. The highest BCUT2D eigenvalue weighted by atomic mass is 32.2. The van der Waals surface area contributed by atoms with E-state index in [2.05, 4.69) is 16.9 Å². The predicted octanol–water partition coefficient (Wildman–Crippen LogP) is 2.72. The zero-order valence-corrected chi connectivity index (χ0v) is 6.20. The van der Waals surface area contributed by atoms with Crippen molar-refractivity contribution in [2.24, 2.45) is 0 Å². The largest absolute Gasteiger partial charge is 0.266 e. The van der Waals surface area contributed by atoms with Gasteiger partial charge in [-0.2, -0.15) is 8.78 Å². The first-order valence-corrected chi connectivity index (χ1v) is 3.67. The van der Waals surface area contributed by atoms with Crippen LogP contribution in [0.4, 0.5) is 8.78 Å². The Morgan fingerprint density at radius 3 is 2.78 bits per heavy atom. The Bertz CT molecular complexity index is 108. The van der Waals surface area contributed by atoms with Crippen LogP contribution in [0, 0.1) is 0 Å². The molecule has 0 aliphatic heterocycles. The number of thioether (sulfide) groups is 1. The molecule has 0 aliphatic rings. The molecule has 0 fully saturated rings. The third kappa shape index (κ3) is 8.04. The molecule has 51 valence electrons. The van der Waals surface area contributed by atoms with E-state index in [1.165, 1.54) is 11.8 Å². The highest BCUT2D eigenvalue weighted by Crippen LogP contribution is 2.03. The number of thiocarbonyl (C=S) groups is 1. The molecule has 0 bridgehead atoms. The zero-order chi connectivity index (χ0) is 7.11. The maximum Gasteiger partial charge on any atom is 0.266 e. The van der Waals surface area contributed by atoms with Crippen molar-refractivity contribution in [2.45, 2.75) is 6.42 Å². The Hall–Kier alpha value is 0.0400. The van der Waals surface area contributed by atoms with Crippen LogP contribution in [0.25, 0.3) is 0 Å². The van der Waals surface area contributed by atoms with Crippen LogP contribution in [-0.4, -0.2) is 10.5 Å². The van der Waals surface area contributed by atoms with Gasteiger partial charge in [-0.05, 0) is 12.5 Å². The molecule has 0 saturated carbocycles. The Morgan fingerprint density at radius 1 is 1.67 bits per heavy atom. The minimum atomic E-state index is -1.63. The van der Waals surface area contributed by atoms with Crippen molar-refractivity contribution in [2.75, 3.05) is 5.75 Å². The summed E-state index contributed by atoms with van der Waals surface area (Å²) < 4.78 is 24.9. The van der Waals surface area contributed by atoms with Crippen LogP contribution in [0.3, 0.4) is 0 Å². The van der Waals surface area contributed by atoms with Gasteiger partial charge in [0.2, 0.25) is 0 Å². The molecule has 0 heterocycles. The van der Waals surface area contributed by atoms with Crippen LogP contribution >= 0.6 is 24.0 Å². The summed E-state index contributed by atoms with van der Waals surface area (Å²) in [6, 6.07) is 0. The lowest BCUT2D eigenvalue weighted by Gasteiger charge is -1.84. The molecule has 0 aromatic rings. The van der Waals surface area contributed by atoms with Crippen LogP contribution in [0.1, 0.15) is 6.42 Å². The SMILES string of the molecule is FC(F)=CCCS[C]=S. The molecule has 1 radical (unpaired) electrons. The predicted molar refractivity (Wildman–Crippen MR) is 40.0 cm³/mol. The third-order valence-electron chi connectivity index (χ3n) is 0.577. The number of rotatable bonds is 4. The van der Waals surface area contributed by atoms with Crippen LogP contribution in [0.15, 0.2) is 12.2 Å². The van der Waals surface area contributed by atoms with Gasteiger partial charge in [0.25, 0.3) is 6.08 Å². The average Bonchev–Trinajstić information content (AvgIpc) is 1.80. The normalized spacial score (nSPS) is 8.67. The third-order valence-corrected chi connectivity index (χ3v) is 1.49. The monoisotopic (exact) mass is 167 g/mol. The number of hydrogen-bond acceptors (Lipinski definition) is 2. The van der Waals surface area contributed by atoms with E-state index in [0.29, 0.717) is 12.2 Å². The van der Waals surface area contributed by atoms with E-state index in [9.17, 15) is 8.78 Å². The molecule has 0 aliphatic carbocycles. The van der Waals surface area contributed by atoms with Gasteiger partial charge in [0, 0.05) is 5.75 Å². The molecule has 9 heavy (non-hydrogen) atoms. The molecule has 0 rings (SSSR count). The first kappa shape index (κ1) is 9.04. The lowest BCUT2D eigenvalue weighted by Crippen LogP contribution is -1.72. The van der Waals surface area contributed by atoms with Crippen molar-refractivity contribution < 1.29 is 8.78 Å². The van der Waals surface area contributed by atoms with Crippen molar-refractivity contribution in [3.8, 4) is 0 Å². The molecule has 0 aromatic carbocycles. The Balaban J connectivity index is 3.09. The van der Waals surface area contributed by atoms with Gasteiger partial charge in [0.1, 0.15) is 0 Å². The second-order valence-electron chi connectivity index (χ2n) is 1.21. The summed E-state index contributed by atoms with van der Waals surface area (Å²) in [5.41, 5.74) is 0. The van der Waals surface area contributed by atoms with E-state index in [-0.39, 0.29) is 0 Å². The van der Waals surface area contributed by atoms with Gasteiger partial charge in [-0.3, -0.25) is 0 Å². The Morgan fingerprint density at radius 2 is 2.33 bits per heavy atom. The Kier molecular flexibility index (Phi) is 6.19. The van der Waals surface area contributed by atoms with Gasteiger partial charge in [0.15, 0.2) is 0 Å². The number of allylic oxidation sites excluding steroid dienone is 1. The highest BCUT2D eigenvalue weighted by Gasteiger charge is 1.86.